The number of carbonyl (C=O) groups excluding carboxylic acids is 1. The van der Waals surface area contributed by atoms with Gasteiger partial charge < -0.3 is 11.1 Å². The maximum Gasteiger partial charge on any atom is 0.233 e. The number of unbranched alkanes of at least 4 members (excludes halogenated alkanes) is 1. The first-order valence-electron chi connectivity index (χ1n) is 6.21. The van der Waals surface area contributed by atoms with Gasteiger partial charge in [0.2, 0.25) is 5.91 Å². The monoisotopic (exact) mass is 242 g/mol. The molecule has 0 unspecified atom stereocenters. The highest BCUT2D eigenvalue weighted by atomic mass is 32.1. The fourth-order valence-electron chi connectivity index (χ4n) is 2.29. The van der Waals surface area contributed by atoms with Crippen molar-refractivity contribution in [3.63, 3.8) is 0 Å². The lowest BCUT2D eigenvalue weighted by Crippen LogP contribution is -2.50. The molecule has 0 aromatic heterocycles. The van der Waals surface area contributed by atoms with E-state index in [2.05, 4.69) is 12.2 Å². The average Bonchev–Trinajstić information content (AvgIpc) is 2.30. The third-order valence-corrected chi connectivity index (χ3v) is 3.82. The van der Waals surface area contributed by atoms with Gasteiger partial charge in [0.05, 0.1) is 10.4 Å². The Morgan fingerprint density at radius 1 is 1.38 bits per heavy atom. The second kappa shape index (κ2) is 6.18. The van der Waals surface area contributed by atoms with Crippen LogP contribution in [-0.4, -0.2) is 17.4 Å². The van der Waals surface area contributed by atoms with E-state index in [0.29, 0.717) is 4.99 Å². The number of thiocarbonyl (C=S) groups is 1. The molecule has 3 N–H and O–H groups in total. The van der Waals surface area contributed by atoms with Crippen molar-refractivity contribution in [2.45, 2.75) is 51.9 Å². The molecule has 0 spiro atoms. The average molecular weight is 242 g/mol. The summed E-state index contributed by atoms with van der Waals surface area (Å²) in [6.07, 6.45) is 7.03. The van der Waals surface area contributed by atoms with Crippen LogP contribution in [0.2, 0.25) is 0 Å². The van der Waals surface area contributed by atoms with E-state index in [0.717, 1.165) is 45.1 Å². The van der Waals surface area contributed by atoms with Gasteiger partial charge in [0.1, 0.15) is 0 Å². The summed E-state index contributed by atoms with van der Waals surface area (Å²) >= 11 is 5.10. The number of nitrogens with one attached hydrogen (secondary N) is 1. The standard InChI is InChI=1S/C12H22N2OS/c1-2-3-9-14-11(15)12(10(13)16)7-5-4-6-8-12/h2-9H2,1H3,(H2,13,16)(H,14,15). The van der Waals surface area contributed by atoms with Crippen LogP contribution < -0.4 is 11.1 Å². The van der Waals surface area contributed by atoms with Gasteiger partial charge in [0, 0.05) is 6.54 Å². The van der Waals surface area contributed by atoms with E-state index >= 15 is 0 Å². The van der Waals surface area contributed by atoms with Gasteiger partial charge in [0.15, 0.2) is 0 Å². The third-order valence-electron chi connectivity index (χ3n) is 3.43. The minimum absolute atomic E-state index is 0.0492. The van der Waals surface area contributed by atoms with E-state index in [-0.39, 0.29) is 5.91 Å². The van der Waals surface area contributed by atoms with Crippen LogP contribution in [0.3, 0.4) is 0 Å². The Morgan fingerprint density at radius 3 is 2.50 bits per heavy atom. The molecule has 3 nitrogen and oxygen atoms in total. The maximum atomic E-state index is 12.2. The van der Waals surface area contributed by atoms with Crippen molar-refractivity contribution < 1.29 is 4.79 Å². The molecular formula is C12H22N2OS. The third kappa shape index (κ3) is 2.94. The Labute approximate surface area is 103 Å². The Balaban J connectivity index is 2.61. The van der Waals surface area contributed by atoms with Crippen molar-refractivity contribution in [1.29, 1.82) is 0 Å². The zero-order chi connectivity index (χ0) is 12.0. The number of nitrogens with two attached hydrogens (primary N) is 1. The largest absolute Gasteiger partial charge is 0.392 e. The van der Waals surface area contributed by atoms with Crippen molar-refractivity contribution in [1.82, 2.24) is 5.32 Å². The molecular weight excluding hydrogens is 220 g/mol. The van der Waals surface area contributed by atoms with Crippen LogP contribution in [0, 0.1) is 5.41 Å². The van der Waals surface area contributed by atoms with E-state index in [4.69, 9.17) is 18.0 Å². The van der Waals surface area contributed by atoms with Gasteiger partial charge in [-0.05, 0) is 19.3 Å². The Morgan fingerprint density at radius 2 is 2.00 bits per heavy atom. The summed E-state index contributed by atoms with van der Waals surface area (Å²) in [6, 6.07) is 0. The van der Waals surface area contributed by atoms with Gasteiger partial charge in [-0.25, -0.2) is 0 Å². The summed E-state index contributed by atoms with van der Waals surface area (Å²) < 4.78 is 0. The van der Waals surface area contributed by atoms with Crippen molar-refractivity contribution in [2.24, 2.45) is 11.1 Å². The van der Waals surface area contributed by atoms with Crippen LogP contribution in [0.25, 0.3) is 0 Å². The molecule has 0 saturated heterocycles. The molecule has 0 bridgehead atoms. The van der Waals surface area contributed by atoms with E-state index in [1.54, 1.807) is 0 Å². The minimum atomic E-state index is -0.554. The van der Waals surface area contributed by atoms with Gasteiger partial charge in [-0.3, -0.25) is 4.79 Å². The van der Waals surface area contributed by atoms with Crippen molar-refractivity contribution in [3.8, 4) is 0 Å². The summed E-state index contributed by atoms with van der Waals surface area (Å²) in [7, 11) is 0. The van der Waals surface area contributed by atoms with Crippen molar-refractivity contribution in [2.75, 3.05) is 6.54 Å². The first-order chi connectivity index (χ1) is 7.63. The summed E-state index contributed by atoms with van der Waals surface area (Å²) in [5, 5.41) is 2.97. The Bertz CT molecular complexity index is 260. The van der Waals surface area contributed by atoms with E-state index in [1.165, 1.54) is 6.42 Å². The van der Waals surface area contributed by atoms with Crippen molar-refractivity contribution >= 4 is 23.1 Å². The number of amides is 1. The Kier molecular flexibility index (Phi) is 5.19. The lowest BCUT2D eigenvalue weighted by Gasteiger charge is -2.34. The smallest absolute Gasteiger partial charge is 0.233 e. The minimum Gasteiger partial charge on any atom is -0.392 e. The molecule has 16 heavy (non-hydrogen) atoms. The molecule has 1 aliphatic rings. The first kappa shape index (κ1) is 13.4. The number of rotatable bonds is 5. The fourth-order valence-corrected chi connectivity index (χ4v) is 2.59. The molecule has 4 heteroatoms. The van der Waals surface area contributed by atoms with Gasteiger partial charge in [-0.1, -0.05) is 44.8 Å². The summed E-state index contributed by atoms with van der Waals surface area (Å²) in [4.78, 5) is 12.5. The molecule has 0 atom stereocenters. The van der Waals surface area contributed by atoms with E-state index in [1.807, 2.05) is 0 Å². The van der Waals surface area contributed by atoms with Crippen LogP contribution in [0.4, 0.5) is 0 Å². The predicted octanol–water partition coefficient (Wildman–Crippen LogP) is 2.14. The topological polar surface area (TPSA) is 55.1 Å². The van der Waals surface area contributed by atoms with Crippen LogP contribution in [0.1, 0.15) is 51.9 Å². The number of carbonyl (C=O) groups is 1. The summed E-state index contributed by atoms with van der Waals surface area (Å²) in [5.41, 5.74) is 5.22. The summed E-state index contributed by atoms with van der Waals surface area (Å²) in [5.74, 6) is 0.0492. The molecule has 0 aliphatic heterocycles. The molecule has 1 amide bonds. The number of hydrogen-bond acceptors (Lipinski definition) is 2. The molecule has 92 valence electrons. The van der Waals surface area contributed by atoms with Crippen LogP contribution in [0.5, 0.6) is 0 Å². The van der Waals surface area contributed by atoms with Crippen LogP contribution >= 0.6 is 12.2 Å². The molecule has 0 radical (unpaired) electrons. The molecule has 0 aromatic carbocycles. The van der Waals surface area contributed by atoms with Crippen molar-refractivity contribution in [3.05, 3.63) is 0 Å². The molecule has 1 rings (SSSR count). The lowest BCUT2D eigenvalue weighted by atomic mass is 9.73. The predicted molar refractivity (Wildman–Crippen MR) is 70.2 cm³/mol. The highest BCUT2D eigenvalue weighted by molar-refractivity contribution is 7.80. The molecule has 0 aromatic rings. The van der Waals surface area contributed by atoms with Gasteiger partial charge in [-0.15, -0.1) is 0 Å². The Hall–Kier alpha value is -0.640. The first-order valence-corrected chi connectivity index (χ1v) is 6.62. The van der Waals surface area contributed by atoms with E-state index in [9.17, 15) is 4.79 Å². The SMILES string of the molecule is CCCCNC(=O)C1(C(N)=S)CCCCC1. The molecule has 1 saturated carbocycles. The summed E-state index contributed by atoms with van der Waals surface area (Å²) in [6.45, 7) is 2.84. The van der Waals surface area contributed by atoms with Gasteiger partial charge in [-0.2, -0.15) is 0 Å². The van der Waals surface area contributed by atoms with E-state index < -0.39 is 5.41 Å². The number of hydrogen-bond donors (Lipinski definition) is 2. The fraction of sp³-hybridized carbons (Fsp3) is 0.833. The highest BCUT2D eigenvalue weighted by Crippen LogP contribution is 2.36. The molecule has 1 fully saturated rings. The maximum absolute atomic E-state index is 12.2. The second-order valence-electron chi connectivity index (χ2n) is 4.62. The quantitative estimate of drug-likeness (QED) is 0.573. The van der Waals surface area contributed by atoms with Crippen LogP contribution in [0.15, 0.2) is 0 Å². The van der Waals surface area contributed by atoms with Gasteiger partial charge >= 0.3 is 0 Å². The zero-order valence-electron chi connectivity index (χ0n) is 10.1. The van der Waals surface area contributed by atoms with Gasteiger partial charge in [0.25, 0.3) is 0 Å². The lowest BCUT2D eigenvalue weighted by molar-refractivity contribution is -0.128. The molecule has 0 heterocycles. The second-order valence-corrected chi connectivity index (χ2v) is 5.06. The normalized spacial score (nSPS) is 19.1. The highest BCUT2D eigenvalue weighted by Gasteiger charge is 2.41. The zero-order valence-corrected chi connectivity index (χ0v) is 10.9. The van der Waals surface area contributed by atoms with Crippen LogP contribution in [-0.2, 0) is 4.79 Å². The molecule has 1 aliphatic carbocycles.